The smallest absolute Gasteiger partial charge is 0.221 e. The van der Waals surface area contributed by atoms with E-state index in [-0.39, 0.29) is 17.8 Å². The van der Waals surface area contributed by atoms with Crippen molar-refractivity contribution in [2.45, 2.75) is 31.2 Å². The van der Waals surface area contributed by atoms with Gasteiger partial charge in [-0.05, 0) is 49.2 Å². The lowest BCUT2D eigenvalue weighted by Crippen LogP contribution is -2.27. The van der Waals surface area contributed by atoms with E-state index in [0.717, 1.165) is 10.5 Å². The van der Waals surface area contributed by atoms with Crippen LogP contribution >= 0.6 is 11.8 Å². The average Bonchev–Trinajstić information content (AvgIpc) is 2.49. The Morgan fingerprint density at radius 1 is 1.18 bits per heavy atom. The van der Waals surface area contributed by atoms with Crippen LogP contribution in [0.25, 0.3) is 0 Å². The molecule has 0 spiro atoms. The summed E-state index contributed by atoms with van der Waals surface area (Å²) in [6.07, 6.45) is 0.443. The van der Waals surface area contributed by atoms with Crippen molar-refractivity contribution in [1.82, 2.24) is 5.32 Å². The Bertz CT molecular complexity index is 627. The Morgan fingerprint density at radius 3 is 2.55 bits per heavy atom. The molecule has 1 N–H and O–H groups in total. The maximum absolute atomic E-state index is 12.8. The first kappa shape index (κ1) is 16.6. The van der Waals surface area contributed by atoms with Gasteiger partial charge in [0, 0.05) is 17.1 Å². The van der Waals surface area contributed by atoms with Crippen LogP contribution in [0.3, 0.4) is 0 Å². The number of rotatable bonds is 6. The Morgan fingerprint density at radius 2 is 1.86 bits per heavy atom. The molecule has 2 aromatic carbocycles. The molecule has 0 aliphatic carbocycles. The molecule has 0 fully saturated rings. The lowest BCUT2D eigenvalue weighted by Gasteiger charge is -2.16. The Hall–Kier alpha value is -1.81. The highest BCUT2D eigenvalue weighted by atomic mass is 32.2. The molecule has 0 aliphatic heterocycles. The monoisotopic (exact) mass is 317 g/mol. The second-order valence-corrected chi connectivity index (χ2v) is 6.37. The minimum atomic E-state index is -0.242. The molecule has 0 aliphatic rings. The van der Waals surface area contributed by atoms with E-state index < -0.39 is 0 Å². The van der Waals surface area contributed by atoms with Crippen molar-refractivity contribution in [3.8, 4) is 0 Å². The van der Waals surface area contributed by atoms with Crippen LogP contribution in [0.1, 0.15) is 30.5 Å². The lowest BCUT2D eigenvalue weighted by molar-refractivity contribution is -0.121. The van der Waals surface area contributed by atoms with Crippen LogP contribution in [0.2, 0.25) is 0 Å². The van der Waals surface area contributed by atoms with Gasteiger partial charge in [-0.1, -0.05) is 24.3 Å². The number of carbonyl (C=O) groups excluding carboxylic acids is 1. The maximum Gasteiger partial charge on any atom is 0.221 e. The van der Waals surface area contributed by atoms with E-state index in [2.05, 4.69) is 5.32 Å². The molecular formula is C18H20FNOS. The molecule has 0 saturated heterocycles. The number of hydrogen-bond donors (Lipinski definition) is 1. The average molecular weight is 317 g/mol. The number of benzene rings is 2. The fraction of sp³-hybridized carbons (Fsp3) is 0.278. The summed E-state index contributed by atoms with van der Waals surface area (Å²) in [7, 11) is 0. The number of halogens is 1. The standard InChI is InChI=1S/C18H20FNOS/c1-13-5-3-4-6-17(13)14(2)20-18(21)11-12-22-16-9-7-15(19)8-10-16/h3-10,14H,11-12H2,1-2H3,(H,20,21). The van der Waals surface area contributed by atoms with Crippen molar-refractivity contribution in [2.75, 3.05) is 5.75 Å². The highest BCUT2D eigenvalue weighted by Gasteiger charge is 2.11. The van der Waals surface area contributed by atoms with E-state index in [4.69, 9.17) is 0 Å². The molecule has 2 nitrogen and oxygen atoms in total. The van der Waals surface area contributed by atoms with Crippen LogP contribution in [0.5, 0.6) is 0 Å². The highest BCUT2D eigenvalue weighted by molar-refractivity contribution is 7.99. The van der Waals surface area contributed by atoms with E-state index in [1.807, 2.05) is 38.1 Å². The van der Waals surface area contributed by atoms with Gasteiger partial charge in [0.25, 0.3) is 0 Å². The highest BCUT2D eigenvalue weighted by Crippen LogP contribution is 2.20. The summed E-state index contributed by atoms with van der Waals surface area (Å²) in [5.74, 6) is 0.470. The van der Waals surface area contributed by atoms with E-state index in [9.17, 15) is 9.18 Å². The molecule has 1 atom stereocenters. The minimum absolute atomic E-state index is 0.00419. The third-order valence-corrected chi connectivity index (χ3v) is 4.46. The second kappa shape index (κ2) is 7.99. The largest absolute Gasteiger partial charge is 0.350 e. The first-order chi connectivity index (χ1) is 10.6. The van der Waals surface area contributed by atoms with Crippen molar-refractivity contribution < 1.29 is 9.18 Å². The van der Waals surface area contributed by atoms with Crippen molar-refractivity contribution in [3.05, 3.63) is 65.5 Å². The summed E-state index contributed by atoms with van der Waals surface area (Å²) in [5.41, 5.74) is 2.32. The van der Waals surface area contributed by atoms with Crippen molar-refractivity contribution in [2.24, 2.45) is 0 Å². The van der Waals surface area contributed by atoms with Crippen molar-refractivity contribution in [3.63, 3.8) is 0 Å². The molecule has 22 heavy (non-hydrogen) atoms. The van der Waals surface area contributed by atoms with E-state index in [1.54, 1.807) is 23.9 Å². The predicted molar refractivity (Wildman–Crippen MR) is 89.5 cm³/mol. The van der Waals surface area contributed by atoms with Gasteiger partial charge in [-0.2, -0.15) is 0 Å². The van der Waals surface area contributed by atoms with Gasteiger partial charge in [-0.25, -0.2) is 4.39 Å². The first-order valence-electron chi connectivity index (χ1n) is 7.29. The number of aryl methyl sites for hydroxylation is 1. The molecule has 4 heteroatoms. The summed E-state index contributed by atoms with van der Waals surface area (Å²) >= 11 is 1.56. The molecule has 0 saturated carbocycles. The van der Waals surface area contributed by atoms with Crippen molar-refractivity contribution in [1.29, 1.82) is 0 Å². The van der Waals surface area contributed by atoms with Gasteiger partial charge in [0.1, 0.15) is 5.82 Å². The molecule has 1 amide bonds. The van der Waals surface area contributed by atoms with Crippen LogP contribution in [-0.2, 0) is 4.79 Å². The molecular weight excluding hydrogens is 297 g/mol. The van der Waals surface area contributed by atoms with Crippen LogP contribution in [0.15, 0.2) is 53.4 Å². The fourth-order valence-electron chi connectivity index (χ4n) is 2.26. The van der Waals surface area contributed by atoms with Crippen LogP contribution in [-0.4, -0.2) is 11.7 Å². The molecule has 1 unspecified atom stereocenters. The van der Waals surface area contributed by atoms with Crippen LogP contribution in [0, 0.1) is 12.7 Å². The normalized spacial score (nSPS) is 12.0. The number of nitrogens with one attached hydrogen (secondary N) is 1. The SMILES string of the molecule is Cc1ccccc1C(C)NC(=O)CCSc1ccc(F)cc1. The van der Waals surface area contributed by atoms with Crippen LogP contribution in [0.4, 0.5) is 4.39 Å². The third-order valence-electron chi connectivity index (χ3n) is 3.44. The summed E-state index contributed by atoms with van der Waals surface area (Å²) in [6, 6.07) is 14.4. The number of thioether (sulfide) groups is 1. The first-order valence-corrected chi connectivity index (χ1v) is 8.28. The molecule has 0 radical (unpaired) electrons. The Labute approximate surface area is 135 Å². The van der Waals surface area contributed by atoms with E-state index in [1.165, 1.54) is 17.7 Å². The summed E-state index contributed by atoms with van der Waals surface area (Å²) in [4.78, 5) is 13.0. The van der Waals surface area contributed by atoms with Crippen molar-refractivity contribution >= 4 is 17.7 Å². The van der Waals surface area contributed by atoms with Gasteiger partial charge in [0.2, 0.25) is 5.91 Å². The number of hydrogen-bond acceptors (Lipinski definition) is 2. The second-order valence-electron chi connectivity index (χ2n) is 5.20. The fourth-order valence-corrected chi connectivity index (χ4v) is 3.11. The molecule has 0 aromatic heterocycles. The zero-order valence-corrected chi connectivity index (χ0v) is 13.6. The van der Waals surface area contributed by atoms with E-state index >= 15 is 0 Å². The summed E-state index contributed by atoms with van der Waals surface area (Å²) in [6.45, 7) is 4.04. The molecule has 0 bridgehead atoms. The summed E-state index contributed by atoms with van der Waals surface area (Å²) in [5, 5.41) is 3.02. The predicted octanol–water partition coefficient (Wildman–Crippen LogP) is 4.49. The van der Waals surface area contributed by atoms with Crippen LogP contribution < -0.4 is 5.32 Å². The van der Waals surface area contributed by atoms with Gasteiger partial charge in [0.15, 0.2) is 0 Å². The number of amides is 1. The third kappa shape index (κ3) is 4.88. The molecule has 116 valence electrons. The maximum atomic E-state index is 12.8. The molecule has 2 rings (SSSR count). The van der Waals surface area contributed by atoms with Gasteiger partial charge in [0.05, 0.1) is 6.04 Å². The Balaban J connectivity index is 1.78. The van der Waals surface area contributed by atoms with Gasteiger partial charge in [-0.3, -0.25) is 4.79 Å². The quantitative estimate of drug-likeness (QED) is 0.795. The van der Waals surface area contributed by atoms with E-state index in [0.29, 0.717) is 12.2 Å². The zero-order valence-electron chi connectivity index (χ0n) is 12.8. The van der Waals surface area contributed by atoms with Gasteiger partial charge >= 0.3 is 0 Å². The molecule has 0 heterocycles. The minimum Gasteiger partial charge on any atom is -0.350 e. The Kier molecular flexibility index (Phi) is 6.01. The zero-order chi connectivity index (χ0) is 15.9. The van der Waals surface area contributed by atoms with Gasteiger partial charge in [-0.15, -0.1) is 11.8 Å². The number of carbonyl (C=O) groups is 1. The van der Waals surface area contributed by atoms with Gasteiger partial charge < -0.3 is 5.32 Å². The lowest BCUT2D eigenvalue weighted by atomic mass is 10.0. The summed E-state index contributed by atoms with van der Waals surface area (Å²) < 4.78 is 12.8. The topological polar surface area (TPSA) is 29.1 Å². The molecule has 2 aromatic rings.